The van der Waals surface area contributed by atoms with E-state index in [1.54, 1.807) is 13.0 Å². The minimum atomic E-state index is -3.65. The van der Waals surface area contributed by atoms with E-state index >= 15 is 0 Å². The van der Waals surface area contributed by atoms with E-state index in [1.807, 2.05) is 0 Å². The second-order valence-electron chi connectivity index (χ2n) is 3.15. The van der Waals surface area contributed by atoms with Gasteiger partial charge >= 0.3 is 10.1 Å². The quantitative estimate of drug-likeness (QED) is 0.761. The number of benzene rings is 1. The van der Waals surface area contributed by atoms with Crippen LogP contribution in [0.15, 0.2) is 18.2 Å². The number of carbonyl (C=O) groups excluding carboxylic acids is 1. The zero-order valence-corrected chi connectivity index (χ0v) is 9.17. The first kappa shape index (κ1) is 11.5. The first-order chi connectivity index (χ1) is 6.79. The highest BCUT2D eigenvalue weighted by molar-refractivity contribution is 7.86. The molecular weight excluding hydrogens is 218 g/mol. The molecule has 0 aliphatic carbocycles. The standard InChI is InChI=1S/C9H11NO4S/c1-6-3-4-8(14-15(2,12)13)7(5-6)9(10)11/h3-5H,1-2H3,(H2,10,11). The van der Waals surface area contributed by atoms with Crippen molar-refractivity contribution in [2.75, 3.05) is 6.26 Å². The molecule has 0 saturated heterocycles. The Kier molecular flexibility index (Phi) is 2.99. The lowest BCUT2D eigenvalue weighted by Crippen LogP contribution is -2.15. The molecule has 1 aromatic carbocycles. The summed E-state index contributed by atoms with van der Waals surface area (Å²) in [6.07, 6.45) is 0.900. The monoisotopic (exact) mass is 229 g/mol. The molecule has 0 saturated carbocycles. The summed E-state index contributed by atoms with van der Waals surface area (Å²) in [6, 6.07) is 4.51. The highest BCUT2D eigenvalue weighted by Crippen LogP contribution is 2.20. The van der Waals surface area contributed by atoms with Crippen molar-refractivity contribution in [1.29, 1.82) is 0 Å². The van der Waals surface area contributed by atoms with Crippen LogP contribution < -0.4 is 9.92 Å². The molecule has 0 aliphatic rings. The van der Waals surface area contributed by atoms with E-state index in [-0.39, 0.29) is 11.3 Å². The molecule has 0 heterocycles. The smallest absolute Gasteiger partial charge is 0.306 e. The number of hydrogen-bond donors (Lipinski definition) is 1. The van der Waals surface area contributed by atoms with Gasteiger partial charge in [-0.1, -0.05) is 11.6 Å². The second-order valence-corrected chi connectivity index (χ2v) is 4.73. The van der Waals surface area contributed by atoms with Crippen LogP contribution in [0.2, 0.25) is 0 Å². The fraction of sp³-hybridized carbons (Fsp3) is 0.222. The van der Waals surface area contributed by atoms with Gasteiger partial charge in [0.25, 0.3) is 5.91 Å². The fourth-order valence-corrected chi connectivity index (χ4v) is 1.54. The summed E-state index contributed by atoms with van der Waals surface area (Å²) in [6.45, 7) is 1.76. The van der Waals surface area contributed by atoms with Gasteiger partial charge in [0, 0.05) is 0 Å². The maximum absolute atomic E-state index is 11.0. The highest BCUT2D eigenvalue weighted by Gasteiger charge is 2.13. The molecule has 6 heteroatoms. The van der Waals surface area contributed by atoms with Crippen molar-refractivity contribution in [3.05, 3.63) is 29.3 Å². The van der Waals surface area contributed by atoms with Gasteiger partial charge in [0.15, 0.2) is 5.75 Å². The Hall–Kier alpha value is -1.56. The number of aryl methyl sites for hydroxylation is 1. The molecule has 82 valence electrons. The Balaban J connectivity index is 3.24. The van der Waals surface area contributed by atoms with Crippen LogP contribution in [0.1, 0.15) is 15.9 Å². The number of rotatable bonds is 3. The predicted molar refractivity (Wildman–Crippen MR) is 55.2 cm³/mol. The molecule has 5 nitrogen and oxygen atoms in total. The van der Waals surface area contributed by atoms with Crippen molar-refractivity contribution in [1.82, 2.24) is 0 Å². The Labute approximate surface area is 88.0 Å². The van der Waals surface area contributed by atoms with E-state index in [9.17, 15) is 13.2 Å². The Morgan fingerprint density at radius 3 is 2.47 bits per heavy atom. The van der Waals surface area contributed by atoms with E-state index in [1.165, 1.54) is 12.1 Å². The fourth-order valence-electron chi connectivity index (χ4n) is 1.07. The highest BCUT2D eigenvalue weighted by atomic mass is 32.2. The van der Waals surface area contributed by atoms with Crippen LogP contribution in [0.3, 0.4) is 0 Å². The summed E-state index contributed by atoms with van der Waals surface area (Å²) < 4.78 is 26.4. The van der Waals surface area contributed by atoms with Crippen molar-refractivity contribution in [3.8, 4) is 5.75 Å². The molecule has 1 aromatic rings. The lowest BCUT2D eigenvalue weighted by molar-refractivity contribution is 0.0999. The largest absolute Gasteiger partial charge is 0.382 e. The van der Waals surface area contributed by atoms with Crippen LogP contribution in [-0.2, 0) is 10.1 Å². The predicted octanol–water partition coefficient (Wildman–Crippen LogP) is 0.432. The summed E-state index contributed by atoms with van der Waals surface area (Å²) in [5.74, 6) is -0.770. The topological polar surface area (TPSA) is 86.5 Å². The number of amides is 1. The number of nitrogens with two attached hydrogens (primary N) is 1. The van der Waals surface area contributed by atoms with Crippen LogP contribution in [0.4, 0.5) is 0 Å². The first-order valence-electron chi connectivity index (χ1n) is 4.09. The molecule has 2 N–H and O–H groups in total. The van der Waals surface area contributed by atoms with Gasteiger partial charge in [-0.15, -0.1) is 0 Å². The van der Waals surface area contributed by atoms with E-state index in [0.29, 0.717) is 0 Å². The SMILES string of the molecule is Cc1ccc(OS(C)(=O)=O)c(C(N)=O)c1. The van der Waals surface area contributed by atoms with Gasteiger partial charge in [0.2, 0.25) is 0 Å². The van der Waals surface area contributed by atoms with Crippen molar-refractivity contribution in [2.24, 2.45) is 5.73 Å². The molecule has 0 atom stereocenters. The average Bonchev–Trinajstić information content (AvgIpc) is 2.05. The van der Waals surface area contributed by atoms with Gasteiger partial charge in [-0.2, -0.15) is 8.42 Å². The van der Waals surface area contributed by atoms with Gasteiger partial charge in [0.1, 0.15) is 0 Å². The number of primary amides is 1. The van der Waals surface area contributed by atoms with Crippen molar-refractivity contribution in [3.63, 3.8) is 0 Å². The summed E-state index contributed by atoms with van der Waals surface area (Å²) in [4.78, 5) is 11.0. The normalized spacial score (nSPS) is 11.1. The molecule has 1 amide bonds. The van der Waals surface area contributed by atoms with E-state index < -0.39 is 16.0 Å². The maximum atomic E-state index is 11.0. The number of hydrogen-bond acceptors (Lipinski definition) is 4. The van der Waals surface area contributed by atoms with Gasteiger partial charge in [0.05, 0.1) is 11.8 Å². The molecule has 0 aromatic heterocycles. The third kappa shape index (κ3) is 3.25. The van der Waals surface area contributed by atoms with E-state index in [0.717, 1.165) is 11.8 Å². The summed E-state index contributed by atoms with van der Waals surface area (Å²) in [5, 5.41) is 0. The lowest BCUT2D eigenvalue weighted by Gasteiger charge is -2.07. The van der Waals surface area contributed by atoms with Gasteiger partial charge in [-0.25, -0.2) is 0 Å². The molecule has 0 unspecified atom stereocenters. The van der Waals surface area contributed by atoms with Crippen molar-refractivity contribution >= 4 is 16.0 Å². The van der Waals surface area contributed by atoms with Crippen LogP contribution in [0.5, 0.6) is 5.75 Å². The lowest BCUT2D eigenvalue weighted by atomic mass is 10.1. The molecule has 0 bridgehead atoms. The van der Waals surface area contributed by atoms with Crippen LogP contribution in [-0.4, -0.2) is 20.6 Å². The van der Waals surface area contributed by atoms with E-state index in [2.05, 4.69) is 4.18 Å². The van der Waals surface area contributed by atoms with Gasteiger partial charge in [-0.05, 0) is 19.1 Å². The second kappa shape index (κ2) is 3.90. The zero-order valence-electron chi connectivity index (χ0n) is 8.35. The number of carbonyl (C=O) groups is 1. The third-order valence-electron chi connectivity index (χ3n) is 1.64. The third-order valence-corrected chi connectivity index (χ3v) is 2.12. The molecular formula is C9H11NO4S. The van der Waals surface area contributed by atoms with Crippen LogP contribution in [0, 0.1) is 6.92 Å². The first-order valence-corrected chi connectivity index (χ1v) is 5.91. The zero-order chi connectivity index (χ0) is 11.6. The molecule has 0 aliphatic heterocycles. The minimum Gasteiger partial charge on any atom is -0.382 e. The van der Waals surface area contributed by atoms with Crippen LogP contribution >= 0.6 is 0 Å². The van der Waals surface area contributed by atoms with Crippen molar-refractivity contribution < 1.29 is 17.4 Å². The average molecular weight is 229 g/mol. The summed E-state index contributed by atoms with van der Waals surface area (Å²) in [5.41, 5.74) is 5.94. The molecule has 0 fully saturated rings. The minimum absolute atomic E-state index is 0.0457. The Morgan fingerprint density at radius 2 is 2.00 bits per heavy atom. The summed E-state index contributed by atoms with van der Waals surface area (Å²) >= 11 is 0. The van der Waals surface area contributed by atoms with Gasteiger partial charge in [-0.3, -0.25) is 4.79 Å². The molecule has 0 spiro atoms. The van der Waals surface area contributed by atoms with Crippen LogP contribution in [0.25, 0.3) is 0 Å². The summed E-state index contributed by atoms with van der Waals surface area (Å²) in [7, 11) is -3.65. The van der Waals surface area contributed by atoms with Crippen molar-refractivity contribution in [2.45, 2.75) is 6.92 Å². The van der Waals surface area contributed by atoms with Gasteiger partial charge < -0.3 is 9.92 Å². The molecule has 0 radical (unpaired) electrons. The van der Waals surface area contributed by atoms with E-state index in [4.69, 9.17) is 5.73 Å². The Bertz CT molecular complexity index is 493. The Morgan fingerprint density at radius 1 is 1.40 bits per heavy atom. The molecule has 15 heavy (non-hydrogen) atoms. The molecule has 1 rings (SSSR count). The maximum Gasteiger partial charge on any atom is 0.306 e.